The summed E-state index contributed by atoms with van der Waals surface area (Å²) < 4.78 is 10.6. The minimum absolute atomic E-state index is 0.00332. The number of hydrogen-bond donors (Lipinski definition) is 1. The van der Waals surface area contributed by atoms with Crippen LogP contribution in [0.4, 0.5) is 11.4 Å². The lowest BCUT2D eigenvalue weighted by Crippen LogP contribution is -2.26. The molecule has 0 aromatic heterocycles. The van der Waals surface area contributed by atoms with Crippen molar-refractivity contribution in [1.29, 1.82) is 0 Å². The smallest absolute Gasteiger partial charge is 0.262 e. The Morgan fingerprint density at radius 3 is 2.72 bits per heavy atom. The van der Waals surface area contributed by atoms with E-state index in [1.54, 1.807) is 43.2 Å². The molecule has 0 saturated carbocycles. The standard InChI is InChI=1S/C19H20N2O4/c1-13(22)21-9-8-14-6-7-15(10-18(14)21)20-19(23)12-25-17-5-3-4-16(11-17)24-2/h3-7,10-11H,8-9,12H2,1-2H3,(H,20,23). The number of carbonyl (C=O) groups is 2. The summed E-state index contributed by atoms with van der Waals surface area (Å²) in [7, 11) is 1.57. The van der Waals surface area contributed by atoms with Crippen molar-refractivity contribution in [3.8, 4) is 11.5 Å². The normalized spacial score (nSPS) is 12.5. The quantitative estimate of drug-likeness (QED) is 0.908. The Labute approximate surface area is 146 Å². The van der Waals surface area contributed by atoms with E-state index in [4.69, 9.17) is 9.47 Å². The Hall–Kier alpha value is -3.02. The van der Waals surface area contributed by atoms with Gasteiger partial charge in [0.2, 0.25) is 5.91 Å². The summed E-state index contributed by atoms with van der Waals surface area (Å²) in [6, 6.07) is 12.7. The summed E-state index contributed by atoms with van der Waals surface area (Å²) in [6.45, 7) is 2.12. The van der Waals surface area contributed by atoms with Crippen molar-refractivity contribution < 1.29 is 19.1 Å². The number of fused-ring (bicyclic) bond motifs is 1. The van der Waals surface area contributed by atoms with Gasteiger partial charge in [0.15, 0.2) is 6.61 Å². The van der Waals surface area contributed by atoms with Gasteiger partial charge in [-0.25, -0.2) is 0 Å². The highest BCUT2D eigenvalue weighted by atomic mass is 16.5. The van der Waals surface area contributed by atoms with E-state index in [0.717, 1.165) is 17.7 Å². The predicted octanol–water partition coefficient (Wildman–Crippen LogP) is 2.62. The summed E-state index contributed by atoms with van der Waals surface area (Å²) in [5, 5.41) is 2.80. The fourth-order valence-corrected chi connectivity index (χ4v) is 2.82. The lowest BCUT2D eigenvalue weighted by molar-refractivity contribution is -0.118. The van der Waals surface area contributed by atoms with Gasteiger partial charge in [-0.1, -0.05) is 12.1 Å². The first-order valence-corrected chi connectivity index (χ1v) is 8.04. The van der Waals surface area contributed by atoms with Crippen molar-refractivity contribution in [2.75, 3.05) is 30.5 Å². The summed E-state index contributed by atoms with van der Waals surface area (Å²) in [4.78, 5) is 25.5. The third kappa shape index (κ3) is 3.91. The molecule has 1 aliphatic heterocycles. The van der Waals surface area contributed by atoms with Gasteiger partial charge >= 0.3 is 0 Å². The molecule has 1 heterocycles. The van der Waals surface area contributed by atoms with E-state index >= 15 is 0 Å². The van der Waals surface area contributed by atoms with Crippen LogP contribution in [-0.4, -0.2) is 32.1 Å². The van der Waals surface area contributed by atoms with Gasteiger partial charge in [0.1, 0.15) is 11.5 Å². The van der Waals surface area contributed by atoms with Crippen molar-refractivity contribution in [3.05, 3.63) is 48.0 Å². The van der Waals surface area contributed by atoms with Crippen molar-refractivity contribution in [2.45, 2.75) is 13.3 Å². The summed E-state index contributed by atoms with van der Waals surface area (Å²) in [5.74, 6) is 0.964. The maximum Gasteiger partial charge on any atom is 0.262 e. The van der Waals surface area contributed by atoms with Crippen LogP contribution in [0.5, 0.6) is 11.5 Å². The Balaban J connectivity index is 1.61. The van der Waals surface area contributed by atoms with Crippen molar-refractivity contribution in [2.24, 2.45) is 0 Å². The number of nitrogens with one attached hydrogen (secondary N) is 1. The van der Waals surface area contributed by atoms with Gasteiger partial charge < -0.3 is 19.7 Å². The zero-order valence-electron chi connectivity index (χ0n) is 14.2. The van der Waals surface area contributed by atoms with Crippen LogP contribution in [-0.2, 0) is 16.0 Å². The van der Waals surface area contributed by atoms with E-state index in [2.05, 4.69) is 5.32 Å². The summed E-state index contributed by atoms with van der Waals surface area (Å²) in [5.41, 5.74) is 2.62. The minimum atomic E-state index is -0.268. The van der Waals surface area contributed by atoms with Gasteiger partial charge in [0.05, 0.1) is 7.11 Å². The fraction of sp³-hybridized carbons (Fsp3) is 0.263. The fourth-order valence-electron chi connectivity index (χ4n) is 2.82. The van der Waals surface area contributed by atoms with Crippen molar-refractivity contribution in [1.82, 2.24) is 0 Å². The molecule has 0 radical (unpaired) electrons. The van der Waals surface area contributed by atoms with Gasteiger partial charge in [0, 0.05) is 30.9 Å². The van der Waals surface area contributed by atoms with Crippen LogP contribution < -0.4 is 19.7 Å². The van der Waals surface area contributed by atoms with E-state index in [1.807, 2.05) is 18.2 Å². The third-order valence-corrected chi connectivity index (χ3v) is 4.06. The number of nitrogens with zero attached hydrogens (tertiary/aromatic N) is 1. The van der Waals surface area contributed by atoms with Crippen LogP contribution in [0, 0.1) is 0 Å². The predicted molar refractivity (Wildman–Crippen MR) is 95.3 cm³/mol. The second kappa shape index (κ2) is 7.25. The zero-order valence-corrected chi connectivity index (χ0v) is 14.2. The Morgan fingerprint density at radius 1 is 1.16 bits per heavy atom. The maximum atomic E-state index is 12.1. The number of ether oxygens (including phenoxy) is 2. The van der Waals surface area contributed by atoms with Crippen LogP contribution >= 0.6 is 0 Å². The van der Waals surface area contributed by atoms with Gasteiger partial charge in [-0.15, -0.1) is 0 Å². The van der Waals surface area contributed by atoms with Crippen molar-refractivity contribution in [3.63, 3.8) is 0 Å². The number of hydrogen-bond acceptors (Lipinski definition) is 4. The first kappa shape index (κ1) is 16.8. The molecule has 130 valence electrons. The Kier molecular flexibility index (Phi) is 4.88. The zero-order chi connectivity index (χ0) is 17.8. The first-order valence-electron chi connectivity index (χ1n) is 8.04. The van der Waals surface area contributed by atoms with Gasteiger partial charge in [-0.3, -0.25) is 9.59 Å². The number of rotatable bonds is 5. The number of methoxy groups -OCH3 is 1. The molecule has 25 heavy (non-hydrogen) atoms. The molecule has 0 atom stereocenters. The van der Waals surface area contributed by atoms with E-state index in [9.17, 15) is 9.59 Å². The second-order valence-corrected chi connectivity index (χ2v) is 5.78. The molecular weight excluding hydrogens is 320 g/mol. The van der Waals surface area contributed by atoms with E-state index in [0.29, 0.717) is 23.7 Å². The van der Waals surface area contributed by atoms with Crippen LogP contribution in [0.25, 0.3) is 0 Å². The second-order valence-electron chi connectivity index (χ2n) is 5.78. The van der Waals surface area contributed by atoms with Gasteiger partial charge in [-0.2, -0.15) is 0 Å². The molecular formula is C19H20N2O4. The number of amides is 2. The first-order chi connectivity index (χ1) is 12.1. The highest BCUT2D eigenvalue weighted by Crippen LogP contribution is 2.30. The van der Waals surface area contributed by atoms with Crippen LogP contribution in [0.15, 0.2) is 42.5 Å². The minimum Gasteiger partial charge on any atom is -0.497 e. The lowest BCUT2D eigenvalue weighted by atomic mass is 10.1. The SMILES string of the molecule is COc1cccc(OCC(=O)Nc2ccc3c(c2)N(C(C)=O)CC3)c1. The van der Waals surface area contributed by atoms with E-state index in [-0.39, 0.29) is 18.4 Å². The molecule has 0 fully saturated rings. The molecule has 3 rings (SSSR count). The van der Waals surface area contributed by atoms with E-state index in [1.165, 1.54) is 0 Å². The molecule has 2 aromatic rings. The topological polar surface area (TPSA) is 67.9 Å². The summed E-state index contributed by atoms with van der Waals surface area (Å²) in [6.07, 6.45) is 0.835. The average molecular weight is 340 g/mol. The third-order valence-electron chi connectivity index (χ3n) is 4.06. The average Bonchev–Trinajstić information content (AvgIpc) is 3.03. The highest BCUT2D eigenvalue weighted by molar-refractivity contribution is 5.96. The van der Waals surface area contributed by atoms with Gasteiger partial charge in [-0.05, 0) is 36.2 Å². The lowest BCUT2D eigenvalue weighted by Gasteiger charge is -2.16. The van der Waals surface area contributed by atoms with Gasteiger partial charge in [0.25, 0.3) is 5.91 Å². The van der Waals surface area contributed by atoms with Crippen molar-refractivity contribution >= 4 is 23.2 Å². The molecule has 1 aliphatic rings. The molecule has 6 nitrogen and oxygen atoms in total. The molecule has 2 amide bonds. The Bertz CT molecular complexity index is 804. The summed E-state index contributed by atoms with van der Waals surface area (Å²) >= 11 is 0. The number of anilines is 2. The van der Waals surface area contributed by atoms with Crippen LogP contribution in [0.3, 0.4) is 0 Å². The molecule has 0 saturated heterocycles. The maximum absolute atomic E-state index is 12.1. The van der Waals surface area contributed by atoms with Crippen LogP contribution in [0.2, 0.25) is 0 Å². The molecule has 0 bridgehead atoms. The molecule has 0 unspecified atom stereocenters. The molecule has 2 aromatic carbocycles. The monoisotopic (exact) mass is 340 g/mol. The molecule has 0 aliphatic carbocycles. The highest BCUT2D eigenvalue weighted by Gasteiger charge is 2.22. The largest absolute Gasteiger partial charge is 0.497 e. The van der Waals surface area contributed by atoms with E-state index < -0.39 is 0 Å². The molecule has 0 spiro atoms. The number of carbonyl (C=O) groups excluding carboxylic acids is 2. The Morgan fingerprint density at radius 2 is 1.96 bits per heavy atom. The van der Waals surface area contributed by atoms with Crippen LogP contribution in [0.1, 0.15) is 12.5 Å². The number of benzene rings is 2. The molecule has 1 N–H and O–H groups in total. The molecule has 6 heteroatoms.